The summed E-state index contributed by atoms with van der Waals surface area (Å²) in [6.07, 6.45) is 94.2. The summed E-state index contributed by atoms with van der Waals surface area (Å²) in [6, 6.07) is 0. The van der Waals surface area contributed by atoms with E-state index in [1.165, 1.54) is 193 Å². The van der Waals surface area contributed by atoms with Crippen molar-refractivity contribution in [3.8, 4) is 0 Å². The number of ether oxygens (including phenoxy) is 3. The Labute approximate surface area is 508 Å². The second kappa shape index (κ2) is 69.8. The molecule has 0 N–H and O–H groups in total. The van der Waals surface area contributed by atoms with Gasteiger partial charge in [0.25, 0.3) is 0 Å². The summed E-state index contributed by atoms with van der Waals surface area (Å²) in [5, 5.41) is 0. The van der Waals surface area contributed by atoms with Crippen molar-refractivity contribution in [1.29, 1.82) is 0 Å². The zero-order valence-corrected chi connectivity index (χ0v) is 54.2. The Morgan fingerprint density at radius 1 is 0.244 bits per heavy atom. The first-order valence-corrected chi connectivity index (χ1v) is 35.2. The van der Waals surface area contributed by atoms with Crippen molar-refractivity contribution in [1.82, 2.24) is 0 Å². The van der Waals surface area contributed by atoms with E-state index in [9.17, 15) is 14.4 Å². The van der Waals surface area contributed by atoms with Gasteiger partial charge in [-0.1, -0.05) is 298 Å². The largest absolute Gasteiger partial charge is 0.462 e. The van der Waals surface area contributed by atoms with E-state index in [2.05, 4.69) is 118 Å². The number of carbonyl (C=O) groups is 3. The van der Waals surface area contributed by atoms with Gasteiger partial charge in [-0.25, -0.2) is 0 Å². The van der Waals surface area contributed by atoms with E-state index in [0.29, 0.717) is 19.3 Å². The number of unbranched alkanes of at least 4 members (excludes halogenated alkanes) is 37. The minimum Gasteiger partial charge on any atom is -0.462 e. The summed E-state index contributed by atoms with van der Waals surface area (Å²) in [5.74, 6) is -0.902. The average molecular weight is 1140 g/mol. The van der Waals surface area contributed by atoms with Gasteiger partial charge in [0.2, 0.25) is 0 Å². The first kappa shape index (κ1) is 78.3. The van der Waals surface area contributed by atoms with Gasteiger partial charge >= 0.3 is 17.9 Å². The van der Waals surface area contributed by atoms with Crippen LogP contribution in [0.25, 0.3) is 0 Å². The molecule has 0 heterocycles. The third-order valence-corrected chi connectivity index (χ3v) is 15.3. The van der Waals surface area contributed by atoms with Gasteiger partial charge in [-0.05, 0) is 128 Å². The zero-order valence-electron chi connectivity index (χ0n) is 54.2. The van der Waals surface area contributed by atoms with Crippen LogP contribution in [0.1, 0.15) is 348 Å². The fourth-order valence-corrected chi connectivity index (χ4v) is 9.96. The highest BCUT2D eigenvalue weighted by Crippen LogP contribution is 2.16. The molecular weight excluding hydrogens is 1010 g/mol. The highest BCUT2D eigenvalue weighted by atomic mass is 16.6. The molecule has 6 nitrogen and oxygen atoms in total. The molecule has 0 aromatic heterocycles. The van der Waals surface area contributed by atoms with Gasteiger partial charge in [0.1, 0.15) is 13.2 Å². The molecule has 0 bridgehead atoms. The first-order valence-electron chi connectivity index (χ1n) is 35.2. The highest BCUT2D eigenvalue weighted by Gasteiger charge is 2.19. The van der Waals surface area contributed by atoms with E-state index in [1.54, 1.807) is 0 Å². The molecule has 0 aliphatic rings. The van der Waals surface area contributed by atoms with Crippen LogP contribution >= 0.6 is 0 Å². The molecule has 0 saturated carbocycles. The lowest BCUT2D eigenvalue weighted by atomic mass is 10.0. The lowest BCUT2D eigenvalue weighted by Gasteiger charge is -2.18. The maximum absolute atomic E-state index is 13.0. The standard InChI is InChI=1S/C76H132O6/c1-4-7-10-13-16-19-22-25-28-31-33-35-36-37-38-39-40-42-43-45-48-51-54-57-60-63-66-69-75(78)81-72-73(71-80-74(77)68-65-62-59-56-53-50-47-30-27-24-21-18-15-12-9-6-3)82-76(79)70-67-64-61-58-55-52-49-46-44-41-34-32-29-26-23-20-17-14-11-8-5-2/h21-26,30-34,36-37,44,46-47,73H,4-20,27-29,35,38-43,45,48-72H2,1-3H3/b24-21-,25-22-,26-23-,33-31-,34-32-,37-36-,46-44-,47-30-. The van der Waals surface area contributed by atoms with Gasteiger partial charge in [-0.15, -0.1) is 0 Å². The molecule has 0 aliphatic heterocycles. The monoisotopic (exact) mass is 1140 g/mol. The Bertz CT molecular complexity index is 1590. The van der Waals surface area contributed by atoms with Crippen LogP contribution in [0, 0.1) is 0 Å². The van der Waals surface area contributed by atoms with E-state index < -0.39 is 6.10 Å². The molecule has 0 aromatic rings. The van der Waals surface area contributed by atoms with Gasteiger partial charge in [0, 0.05) is 19.3 Å². The molecule has 0 saturated heterocycles. The molecule has 82 heavy (non-hydrogen) atoms. The van der Waals surface area contributed by atoms with Crippen LogP contribution in [-0.2, 0) is 28.6 Å². The van der Waals surface area contributed by atoms with Gasteiger partial charge in [0.15, 0.2) is 6.10 Å². The quantitative estimate of drug-likeness (QED) is 0.0261. The van der Waals surface area contributed by atoms with Crippen molar-refractivity contribution in [2.45, 2.75) is 354 Å². The Morgan fingerprint density at radius 3 is 0.695 bits per heavy atom. The van der Waals surface area contributed by atoms with E-state index in [4.69, 9.17) is 14.2 Å². The third kappa shape index (κ3) is 67.1. The van der Waals surface area contributed by atoms with Gasteiger partial charge in [-0.2, -0.15) is 0 Å². The summed E-state index contributed by atoms with van der Waals surface area (Å²) < 4.78 is 17.0. The summed E-state index contributed by atoms with van der Waals surface area (Å²) in [5.41, 5.74) is 0. The highest BCUT2D eigenvalue weighted by molar-refractivity contribution is 5.71. The van der Waals surface area contributed by atoms with Crippen molar-refractivity contribution in [2.24, 2.45) is 0 Å². The third-order valence-electron chi connectivity index (χ3n) is 15.3. The van der Waals surface area contributed by atoms with Crippen LogP contribution in [0.5, 0.6) is 0 Å². The molecule has 1 unspecified atom stereocenters. The second-order valence-electron chi connectivity index (χ2n) is 23.4. The number of hydrogen-bond acceptors (Lipinski definition) is 6. The minimum atomic E-state index is -0.794. The number of esters is 3. The Hall–Kier alpha value is -3.67. The van der Waals surface area contributed by atoms with Crippen molar-refractivity contribution >= 4 is 17.9 Å². The van der Waals surface area contributed by atoms with Gasteiger partial charge in [0.05, 0.1) is 0 Å². The molecule has 0 fully saturated rings. The van der Waals surface area contributed by atoms with Crippen molar-refractivity contribution < 1.29 is 28.6 Å². The SMILES string of the molecule is CCCCCC/C=C\C/C=C\CCCCCCCC(=O)OCC(COC(=O)CCCCCCCCCCCCCC/C=C\C/C=C\C/C=C\CCCCCCC)OC(=O)CCCCCCCC/C=C\C/C=C\C/C=C\CCCCCCC. The van der Waals surface area contributed by atoms with E-state index in [1.807, 2.05) is 0 Å². The van der Waals surface area contributed by atoms with Crippen LogP contribution in [0.2, 0.25) is 0 Å². The summed E-state index contributed by atoms with van der Waals surface area (Å²) >= 11 is 0. The van der Waals surface area contributed by atoms with Gasteiger partial charge < -0.3 is 14.2 Å². The number of allylic oxidation sites excluding steroid dienone is 16. The predicted molar refractivity (Wildman–Crippen MR) is 357 cm³/mol. The lowest BCUT2D eigenvalue weighted by Crippen LogP contribution is -2.30. The molecule has 0 radical (unpaired) electrons. The lowest BCUT2D eigenvalue weighted by molar-refractivity contribution is -0.167. The van der Waals surface area contributed by atoms with Crippen LogP contribution in [-0.4, -0.2) is 37.2 Å². The molecule has 6 heteroatoms. The van der Waals surface area contributed by atoms with E-state index in [0.717, 1.165) is 116 Å². The van der Waals surface area contributed by atoms with Crippen molar-refractivity contribution in [3.05, 3.63) is 97.2 Å². The Balaban J connectivity index is 4.37. The zero-order chi connectivity index (χ0) is 59.2. The fraction of sp³-hybridized carbons (Fsp3) is 0.750. The average Bonchev–Trinajstić information content (AvgIpc) is 3.47. The molecular formula is C76H132O6. The number of carbonyl (C=O) groups excluding carboxylic acids is 3. The molecule has 0 rings (SSSR count). The summed E-state index contributed by atoms with van der Waals surface area (Å²) in [6.45, 7) is 6.61. The topological polar surface area (TPSA) is 78.9 Å². The fourth-order valence-electron chi connectivity index (χ4n) is 9.96. The molecule has 1 atom stereocenters. The number of hydrogen-bond donors (Lipinski definition) is 0. The van der Waals surface area contributed by atoms with Crippen LogP contribution in [0.3, 0.4) is 0 Å². The maximum atomic E-state index is 13.0. The van der Waals surface area contributed by atoms with Crippen LogP contribution in [0.4, 0.5) is 0 Å². The maximum Gasteiger partial charge on any atom is 0.306 e. The molecule has 472 valence electrons. The predicted octanol–water partition coefficient (Wildman–Crippen LogP) is 24.4. The second-order valence-corrected chi connectivity index (χ2v) is 23.4. The van der Waals surface area contributed by atoms with Crippen LogP contribution in [0.15, 0.2) is 97.2 Å². The van der Waals surface area contributed by atoms with Crippen molar-refractivity contribution in [3.63, 3.8) is 0 Å². The minimum absolute atomic E-state index is 0.0876. The summed E-state index contributed by atoms with van der Waals surface area (Å²) in [7, 11) is 0. The van der Waals surface area contributed by atoms with Gasteiger partial charge in [-0.3, -0.25) is 14.4 Å². The Morgan fingerprint density at radius 2 is 0.439 bits per heavy atom. The number of rotatable bonds is 64. The molecule has 0 aromatic carbocycles. The smallest absolute Gasteiger partial charge is 0.306 e. The molecule has 0 spiro atoms. The first-order chi connectivity index (χ1) is 40.5. The Kier molecular flexibility index (Phi) is 66.7. The van der Waals surface area contributed by atoms with Crippen LogP contribution < -0.4 is 0 Å². The van der Waals surface area contributed by atoms with E-state index in [-0.39, 0.29) is 31.1 Å². The normalized spacial score (nSPS) is 12.7. The molecule has 0 aliphatic carbocycles. The van der Waals surface area contributed by atoms with E-state index >= 15 is 0 Å². The summed E-state index contributed by atoms with van der Waals surface area (Å²) in [4.78, 5) is 38.5. The van der Waals surface area contributed by atoms with Crippen molar-refractivity contribution in [2.75, 3.05) is 13.2 Å². The molecule has 0 amide bonds.